The molecule has 1 aliphatic rings. The lowest BCUT2D eigenvalue weighted by Crippen LogP contribution is -2.32. The lowest BCUT2D eigenvalue weighted by atomic mass is 9.86. The van der Waals surface area contributed by atoms with Crippen molar-refractivity contribution in [3.8, 4) is 0 Å². The summed E-state index contributed by atoms with van der Waals surface area (Å²) in [4.78, 5) is 0. The van der Waals surface area contributed by atoms with Crippen molar-refractivity contribution in [1.29, 1.82) is 0 Å². The van der Waals surface area contributed by atoms with Gasteiger partial charge in [-0.1, -0.05) is 6.92 Å². The lowest BCUT2D eigenvalue weighted by Gasteiger charge is -2.27. The Morgan fingerprint density at radius 1 is 1.32 bits per heavy atom. The maximum absolute atomic E-state index is 13.9. The highest BCUT2D eigenvalue weighted by atomic mass is 19.1. The van der Waals surface area contributed by atoms with Crippen molar-refractivity contribution in [2.75, 3.05) is 13.7 Å². The number of ether oxygens (including phenoxy) is 1. The molecular formula is C14H18F3NO. The van der Waals surface area contributed by atoms with Gasteiger partial charge in [-0.05, 0) is 19.9 Å². The van der Waals surface area contributed by atoms with Crippen molar-refractivity contribution in [3.63, 3.8) is 0 Å². The summed E-state index contributed by atoms with van der Waals surface area (Å²) in [6.45, 7) is 2.57. The van der Waals surface area contributed by atoms with Gasteiger partial charge in [-0.3, -0.25) is 0 Å². The Balaban J connectivity index is 2.37. The van der Waals surface area contributed by atoms with Gasteiger partial charge in [0.1, 0.15) is 17.5 Å². The van der Waals surface area contributed by atoms with E-state index < -0.39 is 23.5 Å². The Morgan fingerprint density at radius 3 is 2.47 bits per heavy atom. The van der Waals surface area contributed by atoms with Crippen molar-refractivity contribution in [3.05, 3.63) is 35.1 Å². The van der Waals surface area contributed by atoms with E-state index >= 15 is 0 Å². The summed E-state index contributed by atoms with van der Waals surface area (Å²) in [5.41, 5.74) is -0.0992. The van der Waals surface area contributed by atoms with Crippen molar-refractivity contribution >= 4 is 0 Å². The van der Waals surface area contributed by atoms with Gasteiger partial charge in [-0.25, -0.2) is 13.2 Å². The summed E-state index contributed by atoms with van der Waals surface area (Å²) in [6, 6.07) is 0.937. The first-order valence-electron chi connectivity index (χ1n) is 6.51. The summed E-state index contributed by atoms with van der Waals surface area (Å²) in [5, 5.41) is 2.94. The molecule has 1 aromatic rings. The Bertz CT molecular complexity index is 429. The molecule has 106 valence electrons. The van der Waals surface area contributed by atoms with Crippen molar-refractivity contribution < 1.29 is 17.9 Å². The van der Waals surface area contributed by atoms with Gasteiger partial charge < -0.3 is 10.1 Å². The third kappa shape index (κ3) is 2.77. The van der Waals surface area contributed by atoms with E-state index in [1.807, 2.05) is 6.92 Å². The molecule has 0 spiro atoms. The van der Waals surface area contributed by atoms with Crippen LogP contribution in [-0.4, -0.2) is 19.8 Å². The standard InChI is InChI=1S/C14H18F3NO/c1-3-12-9(4-5-19-12)14(18-2)13-10(16)6-8(15)7-11(13)17/h6-7,9,12,14,18H,3-5H2,1-2H3. The second kappa shape index (κ2) is 5.92. The Kier molecular flexibility index (Phi) is 4.47. The molecule has 1 saturated heterocycles. The highest BCUT2D eigenvalue weighted by Gasteiger charge is 2.36. The van der Waals surface area contributed by atoms with Gasteiger partial charge in [0, 0.05) is 36.3 Å². The quantitative estimate of drug-likeness (QED) is 0.909. The third-order valence-electron chi connectivity index (χ3n) is 3.76. The Morgan fingerprint density at radius 2 is 1.95 bits per heavy atom. The zero-order valence-corrected chi connectivity index (χ0v) is 11.1. The molecule has 0 amide bonds. The Labute approximate surface area is 111 Å². The molecule has 0 saturated carbocycles. The van der Waals surface area contributed by atoms with Gasteiger partial charge in [0.05, 0.1) is 6.10 Å². The molecule has 0 bridgehead atoms. The molecular weight excluding hydrogens is 255 g/mol. The first-order chi connectivity index (χ1) is 9.08. The first kappa shape index (κ1) is 14.3. The molecule has 0 aliphatic carbocycles. The van der Waals surface area contributed by atoms with E-state index in [9.17, 15) is 13.2 Å². The number of hydrogen-bond acceptors (Lipinski definition) is 2. The molecule has 2 rings (SSSR count). The van der Waals surface area contributed by atoms with Gasteiger partial charge in [0.2, 0.25) is 0 Å². The fraction of sp³-hybridized carbons (Fsp3) is 0.571. The summed E-state index contributed by atoms with van der Waals surface area (Å²) >= 11 is 0. The first-order valence-corrected chi connectivity index (χ1v) is 6.51. The minimum absolute atomic E-state index is 0.00976. The van der Waals surface area contributed by atoms with Crippen LogP contribution in [0.4, 0.5) is 13.2 Å². The fourth-order valence-corrected chi connectivity index (χ4v) is 2.89. The second-order valence-electron chi connectivity index (χ2n) is 4.82. The SMILES string of the molecule is CCC1OCCC1C(NC)c1c(F)cc(F)cc1F. The number of rotatable bonds is 4. The van der Waals surface area contributed by atoms with Crippen LogP contribution < -0.4 is 5.32 Å². The van der Waals surface area contributed by atoms with Gasteiger partial charge in [0.25, 0.3) is 0 Å². The number of benzene rings is 1. The highest BCUT2D eigenvalue weighted by molar-refractivity contribution is 5.25. The Hall–Kier alpha value is -1.07. The largest absolute Gasteiger partial charge is 0.378 e. The normalized spacial score (nSPS) is 24.7. The topological polar surface area (TPSA) is 21.3 Å². The van der Waals surface area contributed by atoms with Crippen LogP contribution in [0.1, 0.15) is 31.4 Å². The maximum atomic E-state index is 13.9. The van der Waals surface area contributed by atoms with Crippen molar-refractivity contribution in [2.24, 2.45) is 5.92 Å². The van der Waals surface area contributed by atoms with Crippen LogP contribution >= 0.6 is 0 Å². The van der Waals surface area contributed by atoms with Crippen LogP contribution in [0.3, 0.4) is 0 Å². The average molecular weight is 273 g/mol. The summed E-state index contributed by atoms with van der Waals surface area (Å²) in [7, 11) is 1.65. The summed E-state index contributed by atoms with van der Waals surface area (Å²) < 4.78 is 46.3. The minimum atomic E-state index is -0.900. The fourth-order valence-electron chi connectivity index (χ4n) is 2.89. The summed E-state index contributed by atoms with van der Waals surface area (Å²) in [6.07, 6.45) is 1.49. The van der Waals surface area contributed by atoms with Crippen LogP contribution in [0.25, 0.3) is 0 Å². The van der Waals surface area contributed by atoms with Gasteiger partial charge in [-0.15, -0.1) is 0 Å². The molecule has 1 aromatic carbocycles. The zero-order valence-electron chi connectivity index (χ0n) is 11.1. The molecule has 19 heavy (non-hydrogen) atoms. The molecule has 0 aromatic heterocycles. The second-order valence-corrected chi connectivity index (χ2v) is 4.82. The monoisotopic (exact) mass is 273 g/mol. The number of hydrogen-bond donors (Lipinski definition) is 1. The molecule has 1 heterocycles. The molecule has 2 nitrogen and oxygen atoms in total. The van der Waals surface area contributed by atoms with E-state index in [-0.39, 0.29) is 17.6 Å². The average Bonchev–Trinajstić information content (AvgIpc) is 2.81. The molecule has 1 fully saturated rings. The van der Waals surface area contributed by atoms with E-state index in [2.05, 4.69) is 5.32 Å². The van der Waals surface area contributed by atoms with E-state index in [4.69, 9.17) is 4.74 Å². The van der Waals surface area contributed by atoms with Crippen molar-refractivity contribution in [1.82, 2.24) is 5.32 Å². The van der Waals surface area contributed by atoms with E-state index in [0.29, 0.717) is 6.61 Å². The van der Waals surface area contributed by atoms with Gasteiger partial charge >= 0.3 is 0 Å². The van der Waals surface area contributed by atoms with Gasteiger partial charge in [0.15, 0.2) is 0 Å². The smallest absolute Gasteiger partial charge is 0.133 e. The van der Waals surface area contributed by atoms with E-state index in [0.717, 1.165) is 25.0 Å². The molecule has 0 radical (unpaired) electrons. The molecule has 1 N–H and O–H groups in total. The van der Waals surface area contributed by atoms with E-state index in [1.54, 1.807) is 7.05 Å². The van der Waals surface area contributed by atoms with Crippen LogP contribution in [-0.2, 0) is 4.74 Å². The number of nitrogens with one attached hydrogen (secondary N) is 1. The molecule has 1 aliphatic heterocycles. The van der Waals surface area contributed by atoms with Crippen LogP contribution in [0, 0.1) is 23.4 Å². The molecule has 5 heteroatoms. The minimum Gasteiger partial charge on any atom is -0.378 e. The van der Waals surface area contributed by atoms with Crippen LogP contribution in [0.15, 0.2) is 12.1 Å². The molecule has 3 atom stereocenters. The zero-order chi connectivity index (χ0) is 14.0. The predicted octanol–water partition coefficient (Wildman–Crippen LogP) is 3.18. The van der Waals surface area contributed by atoms with Gasteiger partial charge in [-0.2, -0.15) is 0 Å². The van der Waals surface area contributed by atoms with Crippen molar-refractivity contribution in [2.45, 2.75) is 31.9 Å². The van der Waals surface area contributed by atoms with E-state index in [1.165, 1.54) is 0 Å². The predicted molar refractivity (Wildman–Crippen MR) is 66.3 cm³/mol. The maximum Gasteiger partial charge on any atom is 0.133 e. The highest BCUT2D eigenvalue weighted by Crippen LogP contribution is 2.36. The third-order valence-corrected chi connectivity index (χ3v) is 3.76. The molecule has 3 unspecified atom stereocenters. The van der Waals surface area contributed by atoms with Crippen LogP contribution in [0.5, 0.6) is 0 Å². The lowest BCUT2D eigenvalue weighted by molar-refractivity contribution is 0.0774. The summed E-state index contributed by atoms with van der Waals surface area (Å²) in [5.74, 6) is -2.61. The number of halogens is 3. The van der Waals surface area contributed by atoms with Crippen LogP contribution in [0.2, 0.25) is 0 Å².